The topological polar surface area (TPSA) is 68.0 Å². The van der Waals surface area contributed by atoms with E-state index in [9.17, 15) is 4.79 Å². The van der Waals surface area contributed by atoms with Gasteiger partial charge in [0.05, 0.1) is 22.7 Å². The summed E-state index contributed by atoms with van der Waals surface area (Å²) in [4.78, 5) is 18.2. The summed E-state index contributed by atoms with van der Waals surface area (Å²) in [6.07, 6.45) is 0. The lowest BCUT2D eigenvalue weighted by molar-refractivity contribution is 0.102. The maximum absolute atomic E-state index is 12.0. The van der Waals surface area contributed by atoms with Gasteiger partial charge in [0, 0.05) is 10.3 Å². The number of carbonyl (C=O) groups excluding carboxylic acids is 1. The molecule has 0 unspecified atom stereocenters. The van der Waals surface area contributed by atoms with Crippen molar-refractivity contribution < 1.29 is 4.79 Å². The summed E-state index contributed by atoms with van der Waals surface area (Å²) in [5.41, 5.74) is 6.85. The molecule has 4 nitrogen and oxygen atoms in total. The first-order valence-corrected chi connectivity index (χ1v) is 7.32. The lowest BCUT2D eigenvalue weighted by Gasteiger charge is -1.97. The van der Waals surface area contributed by atoms with Crippen molar-refractivity contribution in [2.45, 2.75) is 13.8 Å². The van der Waals surface area contributed by atoms with Crippen molar-refractivity contribution >= 4 is 33.7 Å². The van der Waals surface area contributed by atoms with Crippen LogP contribution in [0, 0.1) is 25.7 Å². The van der Waals surface area contributed by atoms with Gasteiger partial charge in [-0.25, -0.2) is 4.98 Å². The number of nitrogens with one attached hydrogen (secondary N) is 1. The van der Waals surface area contributed by atoms with Crippen molar-refractivity contribution in [2.24, 2.45) is 5.73 Å². The molecule has 3 N–H and O–H groups in total. The van der Waals surface area contributed by atoms with Gasteiger partial charge in [0.1, 0.15) is 0 Å². The highest BCUT2D eigenvalue weighted by Gasteiger charge is 2.11. The van der Waals surface area contributed by atoms with E-state index in [1.54, 1.807) is 11.4 Å². The monoisotopic (exact) mass is 291 g/mol. The third-order valence-electron chi connectivity index (χ3n) is 2.42. The van der Waals surface area contributed by atoms with Gasteiger partial charge in [-0.05, 0) is 19.9 Å². The molecule has 2 rings (SSSR count). The van der Waals surface area contributed by atoms with Crippen LogP contribution in [0.3, 0.4) is 0 Å². The number of hydrogen-bond acceptors (Lipinski definition) is 5. The van der Waals surface area contributed by atoms with E-state index in [-0.39, 0.29) is 5.91 Å². The fourth-order valence-electron chi connectivity index (χ4n) is 1.35. The number of aromatic nitrogens is 1. The highest BCUT2D eigenvalue weighted by Crippen LogP contribution is 2.22. The Kier molecular flexibility index (Phi) is 4.32. The smallest absolute Gasteiger partial charge is 0.258 e. The molecule has 19 heavy (non-hydrogen) atoms. The van der Waals surface area contributed by atoms with Crippen LogP contribution in [0.4, 0.5) is 5.13 Å². The molecule has 2 heterocycles. The fourth-order valence-corrected chi connectivity index (χ4v) is 2.92. The van der Waals surface area contributed by atoms with E-state index in [4.69, 9.17) is 5.73 Å². The van der Waals surface area contributed by atoms with E-state index in [0.29, 0.717) is 17.2 Å². The van der Waals surface area contributed by atoms with Gasteiger partial charge in [-0.3, -0.25) is 10.1 Å². The van der Waals surface area contributed by atoms with Crippen LogP contribution in [-0.2, 0) is 0 Å². The third kappa shape index (κ3) is 3.41. The SMILES string of the molecule is Cc1nc(NC(=O)c2csc(C#CCN)c2)sc1C. The Morgan fingerprint density at radius 1 is 1.53 bits per heavy atom. The zero-order chi connectivity index (χ0) is 13.8. The highest BCUT2D eigenvalue weighted by atomic mass is 32.1. The molecule has 2 aromatic heterocycles. The molecule has 0 aromatic carbocycles. The molecule has 98 valence electrons. The number of amides is 1. The van der Waals surface area contributed by atoms with Gasteiger partial charge in [-0.15, -0.1) is 22.7 Å². The van der Waals surface area contributed by atoms with Gasteiger partial charge in [0.2, 0.25) is 0 Å². The lowest BCUT2D eigenvalue weighted by Crippen LogP contribution is -2.10. The molecule has 0 spiro atoms. The number of anilines is 1. The number of thiophene rings is 1. The molecule has 0 aliphatic carbocycles. The molecule has 0 fully saturated rings. The molecule has 1 amide bonds. The largest absolute Gasteiger partial charge is 0.320 e. The number of nitrogens with two attached hydrogens (primary N) is 1. The molecular weight excluding hydrogens is 278 g/mol. The van der Waals surface area contributed by atoms with Crippen LogP contribution in [0.25, 0.3) is 0 Å². The number of rotatable bonds is 2. The normalized spacial score (nSPS) is 9.84. The van der Waals surface area contributed by atoms with Crippen LogP contribution in [-0.4, -0.2) is 17.4 Å². The minimum absolute atomic E-state index is 0.161. The summed E-state index contributed by atoms with van der Waals surface area (Å²) in [5.74, 6) is 5.51. The van der Waals surface area contributed by atoms with Gasteiger partial charge in [0.25, 0.3) is 5.91 Å². The second-order valence-corrected chi connectivity index (χ2v) is 5.93. The van der Waals surface area contributed by atoms with Crippen LogP contribution in [0.2, 0.25) is 0 Å². The van der Waals surface area contributed by atoms with Crippen LogP contribution < -0.4 is 11.1 Å². The summed E-state index contributed by atoms with van der Waals surface area (Å²) in [7, 11) is 0. The number of thiazole rings is 1. The molecule has 0 atom stereocenters. The Morgan fingerprint density at radius 3 is 2.95 bits per heavy atom. The van der Waals surface area contributed by atoms with E-state index in [1.165, 1.54) is 22.7 Å². The molecule has 0 saturated heterocycles. The standard InChI is InChI=1S/C13H13N3OS2/c1-8-9(2)19-13(15-8)16-12(17)10-6-11(18-7-10)4-3-5-14/h6-7H,5,14H2,1-2H3,(H,15,16,17). The Morgan fingerprint density at radius 2 is 2.32 bits per heavy atom. The first kappa shape index (κ1) is 13.7. The van der Waals surface area contributed by atoms with Crippen molar-refractivity contribution in [3.8, 4) is 11.8 Å². The van der Waals surface area contributed by atoms with Crippen molar-refractivity contribution in [3.63, 3.8) is 0 Å². The lowest BCUT2D eigenvalue weighted by atomic mass is 10.3. The van der Waals surface area contributed by atoms with Crippen LogP contribution >= 0.6 is 22.7 Å². The second kappa shape index (κ2) is 5.97. The minimum Gasteiger partial charge on any atom is -0.320 e. The molecule has 6 heteroatoms. The Bertz CT molecular complexity index is 641. The Labute approximate surface area is 119 Å². The molecule has 0 bridgehead atoms. The predicted molar refractivity (Wildman–Crippen MR) is 79.8 cm³/mol. The number of nitrogens with zero attached hydrogens (tertiary/aromatic N) is 1. The predicted octanol–water partition coefficient (Wildman–Crippen LogP) is 2.38. The second-order valence-electron chi connectivity index (χ2n) is 3.82. The van der Waals surface area contributed by atoms with Gasteiger partial charge in [0.15, 0.2) is 5.13 Å². The molecule has 0 radical (unpaired) electrons. The van der Waals surface area contributed by atoms with Crippen molar-refractivity contribution in [3.05, 3.63) is 32.5 Å². The number of carbonyl (C=O) groups is 1. The summed E-state index contributed by atoms with van der Waals surface area (Å²) >= 11 is 2.90. The third-order valence-corrected chi connectivity index (χ3v) is 4.26. The van der Waals surface area contributed by atoms with Crippen LogP contribution in [0.1, 0.15) is 25.8 Å². The average Bonchev–Trinajstić information content (AvgIpc) is 2.95. The molecule has 0 aliphatic rings. The van der Waals surface area contributed by atoms with Crippen molar-refractivity contribution in [2.75, 3.05) is 11.9 Å². The van der Waals surface area contributed by atoms with Gasteiger partial charge < -0.3 is 5.73 Å². The van der Waals surface area contributed by atoms with E-state index in [2.05, 4.69) is 22.1 Å². The Hall–Kier alpha value is -1.68. The van der Waals surface area contributed by atoms with Crippen LogP contribution in [0.5, 0.6) is 0 Å². The van der Waals surface area contributed by atoms with Gasteiger partial charge >= 0.3 is 0 Å². The van der Waals surface area contributed by atoms with Gasteiger partial charge in [-0.2, -0.15) is 0 Å². The van der Waals surface area contributed by atoms with Crippen molar-refractivity contribution in [1.29, 1.82) is 0 Å². The quantitative estimate of drug-likeness (QED) is 0.835. The van der Waals surface area contributed by atoms with E-state index in [1.807, 2.05) is 13.8 Å². The zero-order valence-corrected chi connectivity index (χ0v) is 12.2. The number of hydrogen-bond donors (Lipinski definition) is 2. The highest BCUT2D eigenvalue weighted by molar-refractivity contribution is 7.15. The first-order chi connectivity index (χ1) is 9.10. The molecule has 0 saturated carbocycles. The van der Waals surface area contributed by atoms with Gasteiger partial charge in [-0.1, -0.05) is 11.8 Å². The summed E-state index contributed by atoms with van der Waals surface area (Å²) in [6, 6.07) is 1.76. The maximum atomic E-state index is 12.0. The van der Waals surface area contributed by atoms with Crippen LogP contribution in [0.15, 0.2) is 11.4 Å². The fraction of sp³-hybridized carbons (Fsp3) is 0.231. The number of aryl methyl sites for hydroxylation is 2. The molecular formula is C13H13N3OS2. The molecule has 0 aliphatic heterocycles. The van der Waals surface area contributed by atoms with Crippen molar-refractivity contribution in [1.82, 2.24) is 4.98 Å². The minimum atomic E-state index is -0.161. The molecule has 2 aromatic rings. The summed E-state index contributed by atoms with van der Waals surface area (Å²) in [5, 5.41) is 5.20. The Balaban J connectivity index is 2.09. The van der Waals surface area contributed by atoms with E-state index >= 15 is 0 Å². The van der Waals surface area contributed by atoms with E-state index in [0.717, 1.165) is 15.4 Å². The summed E-state index contributed by atoms with van der Waals surface area (Å²) in [6.45, 7) is 4.22. The summed E-state index contributed by atoms with van der Waals surface area (Å²) < 4.78 is 0. The maximum Gasteiger partial charge on any atom is 0.258 e. The zero-order valence-electron chi connectivity index (χ0n) is 10.6. The average molecular weight is 291 g/mol. The van der Waals surface area contributed by atoms with E-state index < -0.39 is 0 Å². The first-order valence-electron chi connectivity index (χ1n) is 5.63.